The second-order valence-electron chi connectivity index (χ2n) is 4.18. The summed E-state index contributed by atoms with van der Waals surface area (Å²) >= 11 is 0. The van der Waals surface area contributed by atoms with Gasteiger partial charge < -0.3 is 5.11 Å². The first-order valence-corrected chi connectivity index (χ1v) is 5.91. The van der Waals surface area contributed by atoms with Gasteiger partial charge in [0, 0.05) is 29.6 Å². The van der Waals surface area contributed by atoms with E-state index in [0.717, 1.165) is 18.2 Å². The molecule has 3 nitrogen and oxygen atoms in total. The third-order valence-electron chi connectivity index (χ3n) is 2.76. The minimum absolute atomic E-state index is 0.0874. The van der Waals surface area contributed by atoms with Crippen LogP contribution in [0.2, 0.25) is 0 Å². The predicted molar refractivity (Wildman–Crippen MR) is 71.3 cm³/mol. The van der Waals surface area contributed by atoms with Crippen LogP contribution in [0.5, 0.6) is 0 Å². The first kappa shape index (κ1) is 14.8. The number of hydrogen-bond donors (Lipinski definition) is 1. The monoisotopic (exact) mass is 293 g/mol. The minimum atomic E-state index is -4.54. The summed E-state index contributed by atoms with van der Waals surface area (Å²) in [6.45, 7) is 0. The highest BCUT2D eigenvalue weighted by Crippen LogP contribution is 2.39. The van der Waals surface area contributed by atoms with E-state index in [1.54, 1.807) is 0 Å². The summed E-state index contributed by atoms with van der Waals surface area (Å²) in [6.07, 6.45) is 0.155. The predicted octanol–water partition coefficient (Wildman–Crippen LogP) is 3.87. The molecule has 0 saturated heterocycles. The lowest BCUT2D eigenvalue weighted by Crippen LogP contribution is -2.08. The Labute approximate surface area is 118 Å². The number of halogens is 3. The maximum absolute atomic E-state index is 13.2. The Morgan fingerprint density at radius 3 is 2.52 bits per heavy atom. The van der Waals surface area contributed by atoms with Gasteiger partial charge in [0.15, 0.2) is 0 Å². The van der Waals surface area contributed by atoms with Crippen LogP contribution < -0.4 is 0 Å². The van der Waals surface area contributed by atoms with Gasteiger partial charge in [-0.1, -0.05) is 18.2 Å². The summed E-state index contributed by atoms with van der Waals surface area (Å²) in [5.74, 6) is -1.23. The molecular weight excluding hydrogens is 283 g/mol. The minimum Gasteiger partial charge on any atom is -0.478 e. The molecule has 108 valence electrons. The van der Waals surface area contributed by atoms with E-state index < -0.39 is 17.7 Å². The standard InChI is InChI=1S/C15H10F3NO2/c16-15(17,18)12-5-1-3-10(6-7-13(20)21)14(12)11-4-2-8-19-9-11/h1-9H,(H,20,21). The smallest absolute Gasteiger partial charge is 0.417 e. The van der Waals surface area contributed by atoms with Gasteiger partial charge in [0.25, 0.3) is 0 Å². The van der Waals surface area contributed by atoms with E-state index in [0.29, 0.717) is 0 Å². The molecule has 1 aromatic heterocycles. The van der Waals surface area contributed by atoms with Crippen LogP contribution in [0, 0.1) is 0 Å². The summed E-state index contributed by atoms with van der Waals surface area (Å²) in [5.41, 5.74) is -0.477. The number of rotatable bonds is 3. The van der Waals surface area contributed by atoms with Crippen LogP contribution in [0.15, 0.2) is 48.8 Å². The van der Waals surface area contributed by atoms with Crippen molar-refractivity contribution < 1.29 is 23.1 Å². The van der Waals surface area contributed by atoms with Gasteiger partial charge in [0.2, 0.25) is 0 Å². The van der Waals surface area contributed by atoms with E-state index in [-0.39, 0.29) is 16.7 Å². The Balaban J connectivity index is 2.70. The highest BCUT2D eigenvalue weighted by Gasteiger charge is 2.34. The molecule has 2 aromatic rings. The average Bonchev–Trinajstić information content (AvgIpc) is 2.44. The zero-order valence-corrected chi connectivity index (χ0v) is 10.6. The Morgan fingerprint density at radius 1 is 1.19 bits per heavy atom. The van der Waals surface area contributed by atoms with Crippen molar-refractivity contribution in [3.05, 3.63) is 59.9 Å². The lowest BCUT2D eigenvalue weighted by Gasteiger charge is -2.15. The summed E-state index contributed by atoms with van der Waals surface area (Å²) < 4.78 is 39.5. The van der Waals surface area contributed by atoms with E-state index in [2.05, 4.69) is 4.98 Å². The van der Waals surface area contributed by atoms with Crippen molar-refractivity contribution in [3.8, 4) is 11.1 Å². The number of carbonyl (C=O) groups is 1. The van der Waals surface area contributed by atoms with Gasteiger partial charge in [0.1, 0.15) is 0 Å². The quantitative estimate of drug-likeness (QED) is 0.874. The number of benzene rings is 1. The van der Waals surface area contributed by atoms with E-state index in [1.807, 2.05) is 0 Å². The fourth-order valence-corrected chi connectivity index (χ4v) is 1.94. The van der Waals surface area contributed by atoms with Gasteiger partial charge in [-0.2, -0.15) is 13.2 Å². The topological polar surface area (TPSA) is 50.2 Å². The molecule has 0 amide bonds. The number of aliphatic carboxylic acids is 1. The van der Waals surface area contributed by atoms with Crippen molar-refractivity contribution in [1.29, 1.82) is 0 Å². The largest absolute Gasteiger partial charge is 0.478 e. The zero-order valence-electron chi connectivity index (χ0n) is 10.6. The molecule has 21 heavy (non-hydrogen) atoms. The van der Waals surface area contributed by atoms with Gasteiger partial charge >= 0.3 is 12.1 Å². The summed E-state index contributed by atoms with van der Waals surface area (Å²) in [5, 5.41) is 8.64. The SMILES string of the molecule is O=C(O)C=Cc1cccc(C(F)(F)F)c1-c1cccnc1. The molecule has 0 fully saturated rings. The molecule has 0 aliphatic rings. The summed E-state index contributed by atoms with van der Waals surface area (Å²) in [6, 6.07) is 6.64. The summed E-state index contributed by atoms with van der Waals surface area (Å²) in [4.78, 5) is 14.4. The number of alkyl halides is 3. The van der Waals surface area contributed by atoms with Crippen LogP contribution in [0.3, 0.4) is 0 Å². The van der Waals surface area contributed by atoms with Gasteiger partial charge in [-0.15, -0.1) is 0 Å². The summed E-state index contributed by atoms with van der Waals surface area (Å²) in [7, 11) is 0. The molecule has 6 heteroatoms. The van der Waals surface area contributed by atoms with Crippen LogP contribution in [0.1, 0.15) is 11.1 Å². The molecule has 2 rings (SSSR count). The van der Waals surface area contributed by atoms with Crippen molar-refractivity contribution in [2.24, 2.45) is 0 Å². The lowest BCUT2D eigenvalue weighted by atomic mass is 9.94. The molecule has 0 radical (unpaired) electrons. The Kier molecular flexibility index (Phi) is 4.07. The molecule has 1 N–H and O–H groups in total. The molecule has 0 unspecified atom stereocenters. The van der Waals surface area contributed by atoms with Gasteiger partial charge in [-0.3, -0.25) is 4.98 Å². The number of carboxylic acids is 1. The van der Waals surface area contributed by atoms with E-state index >= 15 is 0 Å². The van der Waals surface area contributed by atoms with E-state index in [1.165, 1.54) is 36.7 Å². The van der Waals surface area contributed by atoms with E-state index in [4.69, 9.17) is 5.11 Å². The van der Waals surface area contributed by atoms with Gasteiger partial charge in [-0.25, -0.2) is 4.79 Å². The molecular formula is C15H10F3NO2. The van der Waals surface area contributed by atoms with Crippen LogP contribution in [-0.2, 0) is 11.0 Å². The van der Waals surface area contributed by atoms with Crippen LogP contribution in [0.4, 0.5) is 13.2 Å². The first-order chi connectivity index (χ1) is 9.89. The fourth-order valence-electron chi connectivity index (χ4n) is 1.94. The zero-order chi connectivity index (χ0) is 15.5. The number of nitrogens with zero attached hydrogens (tertiary/aromatic N) is 1. The fraction of sp³-hybridized carbons (Fsp3) is 0.0667. The molecule has 0 aliphatic carbocycles. The second kappa shape index (κ2) is 5.78. The second-order valence-corrected chi connectivity index (χ2v) is 4.18. The maximum atomic E-state index is 13.2. The molecule has 0 atom stereocenters. The molecule has 0 spiro atoms. The van der Waals surface area contributed by atoms with Gasteiger partial charge in [-0.05, 0) is 23.8 Å². The highest BCUT2D eigenvalue weighted by atomic mass is 19.4. The van der Waals surface area contributed by atoms with Crippen molar-refractivity contribution in [1.82, 2.24) is 4.98 Å². The third-order valence-corrected chi connectivity index (χ3v) is 2.76. The van der Waals surface area contributed by atoms with Crippen molar-refractivity contribution in [2.75, 3.05) is 0 Å². The number of aromatic nitrogens is 1. The highest BCUT2D eigenvalue weighted by molar-refractivity contribution is 5.88. The third kappa shape index (κ3) is 3.47. The lowest BCUT2D eigenvalue weighted by molar-refractivity contribution is -0.137. The Bertz CT molecular complexity index is 679. The van der Waals surface area contributed by atoms with Crippen molar-refractivity contribution >= 4 is 12.0 Å². The first-order valence-electron chi connectivity index (χ1n) is 5.91. The van der Waals surface area contributed by atoms with Crippen LogP contribution >= 0.6 is 0 Å². The Morgan fingerprint density at radius 2 is 1.95 bits per heavy atom. The van der Waals surface area contributed by atoms with Crippen LogP contribution in [-0.4, -0.2) is 16.1 Å². The molecule has 1 heterocycles. The van der Waals surface area contributed by atoms with Crippen molar-refractivity contribution in [3.63, 3.8) is 0 Å². The average molecular weight is 293 g/mol. The number of pyridine rings is 1. The molecule has 0 saturated carbocycles. The van der Waals surface area contributed by atoms with Gasteiger partial charge in [0.05, 0.1) is 5.56 Å². The molecule has 0 bridgehead atoms. The normalized spacial score (nSPS) is 11.8. The molecule has 1 aromatic carbocycles. The van der Waals surface area contributed by atoms with E-state index in [9.17, 15) is 18.0 Å². The number of hydrogen-bond acceptors (Lipinski definition) is 2. The maximum Gasteiger partial charge on any atom is 0.417 e. The van der Waals surface area contributed by atoms with Crippen molar-refractivity contribution in [2.45, 2.75) is 6.18 Å². The number of carboxylic acid groups (broad SMARTS) is 1. The van der Waals surface area contributed by atoms with Crippen LogP contribution in [0.25, 0.3) is 17.2 Å². The molecule has 0 aliphatic heterocycles. The Hall–Kier alpha value is -2.63.